The highest BCUT2D eigenvalue weighted by Crippen LogP contribution is 2.27. The summed E-state index contributed by atoms with van der Waals surface area (Å²) in [5.74, 6) is 0.280. The number of nitrogens with one attached hydrogen (secondary N) is 2. The Morgan fingerprint density at radius 3 is 2.41 bits per heavy atom. The van der Waals surface area contributed by atoms with E-state index in [4.69, 9.17) is 16.3 Å². The second-order valence-corrected chi connectivity index (χ2v) is 10.8. The van der Waals surface area contributed by atoms with Crippen LogP contribution in [-0.4, -0.2) is 43.5 Å². The standard InChI is InChI=1S/C30H31ClN6O4/c1-18(2)37-16-21(7-13-27(37)38)20-6-12-25(31)22(14-20)15-26(34-30(40)41-24-10-11-24)29(39)33-23-8-4-19(5-9-23)28-35-32-17-36(28)3/h4-9,12-14,16-18,24,26H,10-11,15H2,1-3H3,(H,33,39)(H,34,40)/t26-/m0/s1. The number of alkyl carbamates (subject to hydrolysis) is 1. The molecule has 1 atom stereocenters. The van der Waals surface area contributed by atoms with Gasteiger partial charge in [-0.25, -0.2) is 4.79 Å². The molecule has 1 saturated carbocycles. The Bertz CT molecular complexity index is 1620. The number of rotatable bonds is 9. The molecule has 4 aromatic rings. The molecule has 0 bridgehead atoms. The lowest BCUT2D eigenvalue weighted by Crippen LogP contribution is -2.45. The van der Waals surface area contributed by atoms with Gasteiger partial charge in [-0.15, -0.1) is 10.2 Å². The van der Waals surface area contributed by atoms with Crippen LogP contribution in [0.5, 0.6) is 0 Å². The first-order valence-electron chi connectivity index (χ1n) is 13.4. The largest absolute Gasteiger partial charge is 0.446 e. The van der Waals surface area contributed by atoms with Gasteiger partial charge in [0.2, 0.25) is 5.91 Å². The van der Waals surface area contributed by atoms with Crippen LogP contribution in [0, 0.1) is 0 Å². The molecule has 41 heavy (non-hydrogen) atoms. The molecule has 11 heteroatoms. The van der Waals surface area contributed by atoms with E-state index in [-0.39, 0.29) is 24.1 Å². The zero-order chi connectivity index (χ0) is 29.1. The van der Waals surface area contributed by atoms with E-state index in [0.717, 1.165) is 29.5 Å². The number of ether oxygens (including phenoxy) is 1. The molecule has 5 rings (SSSR count). The number of hydrogen-bond donors (Lipinski definition) is 2. The number of anilines is 1. The summed E-state index contributed by atoms with van der Waals surface area (Å²) in [6.45, 7) is 3.88. The van der Waals surface area contributed by atoms with Crippen molar-refractivity contribution in [1.82, 2.24) is 24.6 Å². The van der Waals surface area contributed by atoms with E-state index in [0.29, 0.717) is 22.1 Å². The van der Waals surface area contributed by atoms with Crippen molar-refractivity contribution in [3.63, 3.8) is 0 Å². The van der Waals surface area contributed by atoms with Gasteiger partial charge in [-0.3, -0.25) is 9.59 Å². The highest BCUT2D eigenvalue weighted by molar-refractivity contribution is 6.31. The Morgan fingerprint density at radius 2 is 1.76 bits per heavy atom. The molecule has 1 aliphatic rings. The molecule has 1 aliphatic carbocycles. The monoisotopic (exact) mass is 574 g/mol. The summed E-state index contributed by atoms with van der Waals surface area (Å²) in [5, 5.41) is 14.1. The second kappa shape index (κ2) is 12.0. The molecule has 2 heterocycles. The highest BCUT2D eigenvalue weighted by atomic mass is 35.5. The Kier molecular flexibility index (Phi) is 8.21. The fourth-order valence-electron chi connectivity index (χ4n) is 4.41. The first kappa shape index (κ1) is 28.1. The van der Waals surface area contributed by atoms with Crippen LogP contribution < -0.4 is 16.2 Å². The topological polar surface area (TPSA) is 120 Å². The Hall–Kier alpha value is -4.44. The van der Waals surface area contributed by atoms with Gasteiger partial charge in [0.25, 0.3) is 5.56 Å². The van der Waals surface area contributed by atoms with Gasteiger partial charge in [0.15, 0.2) is 5.82 Å². The minimum Gasteiger partial charge on any atom is -0.446 e. The first-order chi connectivity index (χ1) is 19.7. The maximum atomic E-state index is 13.5. The molecule has 10 nitrogen and oxygen atoms in total. The molecule has 1 fully saturated rings. The lowest BCUT2D eigenvalue weighted by atomic mass is 9.99. The van der Waals surface area contributed by atoms with Crippen LogP contribution in [0.1, 0.15) is 38.3 Å². The van der Waals surface area contributed by atoms with Crippen LogP contribution in [0.25, 0.3) is 22.5 Å². The highest BCUT2D eigenvalue weighted by Gasteiger charge is 2.29. The summed E-state index contributed by atoms with van der Waals surface area (Å²) in [5.41, 5.74) is 3.64. The third-order valence-electron chi connectivity index (χ3n) is 6.83. The number of nitrogens with zero attached hydrogens (tertiary/aromatic N) is 4. The Labute approximate surface area is 242 Å². The maximum absolute atomic E-state index is 13.5. The molecule has 2 amide bonds. The van der Waals surface area contributed by atoms with E-state index in [2.05, 4.69) is 20.8 Å². The normalized spacial score (nSPS) is 13.6. The molecule has 2 aromatic carbocycles. The van der Waals surface area contributed by atoms with Crippen LogP contribution in [0.2, 0.25) is 5.02 Å². The molecule has 0 unspecified atom stereocenters. The zero-order valence-electron chi connectivity index (χ0n) is 23.0. The fourth-order valence-corrected chi connectivity index (χ4v) is 4.60. The number of aromatic nitrogens is 4. The number of aryl methyl sites for hydroxylation is 1. The third kappa shape index (κ3) is 6.83. The average molecular weight is 575 g/mol. The number of hydrogen-bond acceptors (Lipinski definition) is 6. The van der Waals surface area contributed by atoms with E-state index >= 15 is 0 Å². The van der Waals surface area contributed by atoms with Gasteiger partial charge < -0.3 is 24.5 Å². The molecule has 212 valence electrons. The van der Waals surface area contributed by atoms with Gasteiger partial charge in [0.1, 0.15) is 18.5 Å². The van der Waals surface area contributed by atoms with Gasteiger partial charge in [-0.05, 0) is 85.8 Å². The van der Waals surface area contributed by atoms with Crippen LogP contribution >= 0.6 is 11.6 Å². The smallest absolute Gasteiger partial charge is 0.408 e. The summed E-state index contributed by atoms with van der Waals surface area (Å²) >= 11 is 6.57. The SMILES string of the molecule is CC(C)n1cc(-c2ccc(Cl)c(C[C@H](NC(=O)OC3CC3)C(=O)Nc3ccc(-c4nncn4C)cc3)c2)ccc1=O. The second-order valence-electron chi connectivity index (χ2n) is 10.4. The van der Waals surface area contributed by atoms with Crippen LogP contribution in [0.15, 0.2) is 71.9 Å². The Balaban J connectivity index is 1.38. The van der Waals surface area contributed by atoms with Crippen molar-refractivity contribution < 1.29 is 14.3 Å². The van der Waals surface area contributed by atoms with Crippen molar-refractivity contribution >= 4 is 29.3 Å². The van der Waals surface area contributed by atoms with E-state index in [9.17, 15) is 14.4 Å². The number of amides is 2. The van der Waals surface area contributed by atoms with Gasteiger partial charge in [0.05, 0.1) is 0 Å². The van der Waals surface area contributed by atoms with Gasteiger partial charge in [-0.2, -0.15) is 0 Å². The van der Waals surface area contributed by atoms with Crippen LogP contribution in [0.4, 0.5) is 10.5 Å². The van der Waals surface area contributed by atoms with Crippen LogP contribution in [0.3, 0.4) is 0 Å². The van der Waals surface area contributed by atoms with Gasteiger partial charge in [-0.1, -0.05) is 17.7 Å². The van der Waals surface area contributed by atoms with Crippen molar-refractivity contribution in [2.24, 2.45) is 7.05 Å². The molecular weight excluding hydrogens is 544 g/mol. The lowest BCUT2D eigenvalue weighted by Gasteiger charge is -2.20. The van der Waals surface area contributed by atoms with E-state index in [1.807, 2.05) is 45.2 Å². The fraction of sp³-hybridized carbons (Fsp3) is 0.300. The molecule has 2 N–H and O–H groups in total. The molecule has 2 aromatic heterocycles. The van der Waals surface area contributed by atoms with E-state index in [1.165, 1.54) is 6.07 Å². The van der Waals surface area contributed by atoms with Crippen molar-refractivity contribution in [1.29, 1.82) is 0 Å². The zero-order valence-corrected chi connectivity index (χ0v) is 23.8. The van der Waals surface area contributed by atoms with E-state index in [1.54, 1.807) is 45.9 Å². The van der Waals surface area contributed by atoms with Crippen molar-refractivity contribution in [3.8, 4) is 22.5 Å². The van der Waals surface area contributed by atoms with E-state index < -0.39 is 18.0 Å². The minimum absolute atomic E-state index is 0.00145. The summed E-state index contributed by atoms with van der Waals surface area (Å²) in [6.07, 6.45) is 4.41. The first-order valence-corrected chi connectivity index (χ1v) is 13.8. The van der Waals surface area contributed by atoms with Crippen LogP contribution in [-0.2, 0) is 23.0 Å². The van der Waals surface area contributed by atoms with Gasteiger partial charge >= 0.3 is 6.09 Å². The summed E-state index contributed by atoms with van der Waals surface area (Å²) < 4.78 is 8.82. The quantitative estimate of drug-likeness (QED) is 0.291. The van der Waals surface area contributed by atoms with Crippen molar-refractivity contribution in [2.45, 2.75) is 51.3 Å². The maximum Gasteiger partial charge on any atom is 0.408 e. The number of benzene rings is 2. The molecule has 0 radical (unpaired) electrons. The predicted octanol–water partition coefficient (Wildman–Crippen LogP) is 4.98. The molecule has 0 aliphatic heterocycles. The number of carbonyl (C=O) groups excluding carboxylic acids is 2. The molecule has 0 saturated heterocycles. The van der Waals surface area contributed by atoms with Crippen molar-refractivity contribution in [2.75, 3.05) is 5.32 Å². The average Bonchev–Trinajstić information content (AvgIpc) is 3.66. The minimum atomic E-state index is -0.961. The summed E-state index contributed by atoms with van der Waals surface area (Å²) in [4.78, 5) is 38.3. The Morgan fingerprint density at radius 1 is 1.05 bits per heavy atom. The number of halogens is 1. The lowest BCUT2D eigenvalue weighted by molar-refractivity contribution is -0.118. The number of carbonyl (C=O) groups is 2. The van der Waals surface area contributed by atoms with Crippen molar-refractivity contribution in [3.05, 3.63) is 88.1 Å². The molecule has 0 spiro atoms. The summed E-state index contributed by atoms with van der Waals surface area (Å²) in [6, 6.07) is 15.0. The summed E-state index contributed by atoms with van der Waals surface area (Å²) in [7, 11) is 1.85. The third-order valence-corrected chi connectivity index (χ3v) is 7.19. The van der Waals surface area contributed by atoms with Gasteiger partial charge in [0, 0.05) is 48.0 Å². The number of pyridine rings is 1. The predicted molar refractivity (Wildman–Crippen MR) is 157 cm³/mol. The molecular formula is C30H31ClN6O4.